The normalized spacial score (nSPS) is 10.7. The molecule has 0 heterocycles. The van der Waals surface area contributed by atoms with E-state index >= 15 is 0 Å². The van der Waals surface area contributed by atoms with Crippen molar-refractivity contribution in [2.75, 3.05) is 0 Å². The molecule has 420 valence electrons. The average Bonchev–Trinajstić information content (AvgIpc) is 4.18. The van der Waals surface area contributed by atoms with E-state index in [4.69, 9.17) is 0 Å². The van der Waals surface area contributed by atoms with Crippen molar-refractivity contribution in [2.45, 2.75) is 226 Å². The molecule has 8 rings (SSSR count). The zero-order valence-corrected chi connectivity index (χ0v) is 61.7. The summed E-state index contributed by atoms with van der Waals surface area (Å²) in [6.45, 7) is 53.2. The zero-order chi connectivity index (χ0) is 58.3. The van der Waals surface area contributed by atoms with E-state index in [1.54, 1.807) is 0 Å². The Hall–Kier alpha value is -2.74. The van der Waals surface area contributed by atoms with Crippen LogP contribution in [0.3, 0.4) is 0 Å². The first-order chi connectivity index (χ1) is 35.8. The third kappa shape index (κ3) is 22.9. The Morgan fingerprint density at radius 3 is 0.705 bits per heavy atom. The van der Waals surface area contributed by atoms with Crippen molar-refractivity contribution < 1.29 is 52.4 Å². The van der Waals surface area contributed by atoms with Gasteiger partial charge in [-0.3, -0.25) is 0 Å². The Morgan fingerprint density at radius 2 is 0.526 bits per heavy atom. The van der Waals surface area contributed by atoms with E-state index in [0.717, 1.165) is 12.8 Å². The van der Waals surface area contributed by atoms with E-state index in [9.17, 15) is 0 Å². The number of hydrogen-bond acceptors (Lipinski definition) is 0. The minimum Gasteiger partial charge on any atom is -0.533 e. The van der Waals surface area contributed by atoms with Gasteiger partial charge in [-0.1, -0.05) is 207 Å². The summed E-state index contributed by atoms with van der Waals surface area (Å²) in [6.07, 6.45) is 15.3. The van der Waals surface area contributed by atoms with Gasteiger partial charge in [-0.25, -0.2) is 19.7 Å². The van der Waals surface area contributed by atoms with Crippen LogP contribution in [0.5, 0.6) is 0 Å². The van der Waals surface area contributed by atoms with Crippen LogP contribution >= 0.6 is 0 Å². The molecule has 0 spiro atoms. The summed E-state index contributed by atoms with van der Waals surface area (Å²) in [7, 11) is 2.72. The maximum Gasteiger partial charge on any atom is 4.00 e. The van der Waals surface area contributed by atoms with Crippen LogP contribution in [0.15, 0.2) is 97.1 Å². The second kappa shape index (κ2) is 38.9. The Bertz CT molecular complexity index is 2700. The summed E-state index contributed by atoms with van der Waals surface area (Å²) < 4.78 is 0. The Kier molecular flexibility index (Phi) is 38.5. The molecule has 0 aliphatic heterocycles. The van der Waals surface area contributed by atoms with E-state index in [-0.39, 0.29) is 52.4 Å². The molecule has 0 aliphatic carbocycles. The fraction of sp³-hybridized carbons (Fsp3) is 0.459. The van der Waals surface area contributed by atoms with Gasteiger partial charge >= 0.3 is 52.4 Å². The van der Waals surface area contributed by atoms with Gasteiger partial charge in [-0.05, 0) is 60.2 Å². The first-order valence-corrected chi connectivity index (χ1v) is 30.7. The number of rotatable bonds is 10. The smallest absolute Gasteiger partial charge is 0.533 e. The van der Waals surface area contributed by atoms with Crippen molar-refractivity contribution in [1.29, 1.82) is 0 Å². The maximum absolute atomic E-state index is 4.53. The number of hydrogen-bond donors (Lipinski definition) is 0. The molecule has 0 aliphatic rings. The fourth-order valence-corrected chi connectivity index (χ4v) is 9.57. The van der Waals surface area contributed by atoms with E-state index in [1.165, 1.54) is 130 Å². The first-order valence-electron chi connectivity index (χ1n) is 29.0. The van der Waals surface area contributed by atoms with Crippen LogP contribution < -0.4 is 0 Å². The van der Waals surface area contributed by atoms with Gasteiger partial charge in [-0.15, -0.1) is 114 Å². The summed E-state index contributed by atoms with van der Waals surface area (Å²) in [5.74, 6) is 4.83. The molecular weight excluding hydrogens is 1130 g/mol. The molecule has 0 saturated heterocycles. The van der Waals surface area contributed by atoms with Crippen LogP contribution in [0, 0.1) is 26.7 Å². The molecule has 0 saturated carbocycles. The van der Waals surface area contributed by atoms with Crippen molar-refractivity contribution in [3.8, 4) is 0 Å². The van der Waals surface area contributed by atoms with Crippen molar-refractivity contribution >= 4 is 75.1 Å². The van der Waals surface area contributed by atoms with Gasteiger partial charge in [0.15, 0.2) is 0 Å². The molecule has 0 bridgehead atoms. The number of benzene rings is 4. The van der Waals surface area contributed by atoms with E-state index in [2.05, 4.69) is 248 Å². The topological polar surface area (TPSA) is 0 Å². The van der Waals surface area contributed by atoms with Gasteiger partial charge < -0.3 is 25.2 Å². The Morgan fingerprint density at radius 1 is 0.333 bits per heavy atom. The van der Waals surface area contributed by atoms with E-state index in [1.807, 2.05) is 40.5 Å². The molecule has 0 amide bonds. The molecule has 0 nitrogen and oxygen atoms in total. The SMILES string of the molecule is CCc1cc2c(C(C)C)cc(C(C)C)cc2[cH-]1.CCc1cc2c(C(C)C)cc(C(C)C)cc2[cH-]1.C[CH-]C.C[CH-]C.Cc1cc2c(C(C)C)cc(C(C)C)cc2[cH-]1.Cc1cc2c(C(C)C)cc(C(C)C)cc2[cH-]1.[CH-]=[SiH2].[CH-]=[SiH2].[Zr+4].[Zr+4]. The van der Waals surface area contributed by atoms with Gasteiger partial charge in [0.2, 0.25) is 0 Å². The summed E-state index contributed by atoms with van der Waals surface area (Å²) >= 11 is 0. The molecule has 8 aromatic carbocycles. The molecule has 0 N–H and O–H groups in total. The number of fused-ring (bicyclic) bond motifs is 4. The molecule has 0 fully saturated rings. The summed E-state index contributed by atoms with van der Waals surface area (Å²) in [5, 5.41) is 11.5. The van der Waals surface area contributed by atoms with E-state index < -0.39 is 0 Å². The molecular formula is C74H108Si2Zr2. The quantitative estimate of drug-likeness (QED) is 0.0946. The number of aryl methyl sites for hydroxylation is 4. The van der Waals surface area contributed by atoms with Crippen molar-refractivity contribution in [3.05, 3.63) is 177 Å². The van der Waals surface area contributed by atoms with Gasteiger partial charge in [0, 0.05) is 0 Å². The van der Waals surface area contributed by atoms with Crippen LogP contribution in [0.25, 0.3) is 43.1 Å². The predicted molar refractivity (Wildman–Crippen MR) is 360 cm³/mol. The van der Waals surface area contributed by atoms with Crippen molar-refractivity contribution in [2.24, 2.45) is 0 Å². The zero-order valence-electron chi connectivity index (χ0n) is 54.0. The maximum atomic E-state index is 4.53. The van der Waals surface area contributed by atoms with Gasteiger partial charge in [-0.2, -0.15) is 52.0 Å². The van der Waals surface area contributed by atoms with Crippen LogP contribution in [0.1, 0.15) is 266 Å². The van der Waals surface area contributed by atoms with E-state index in [0.29, 0.717) is 47.3 Å². The fourth-order valence-electron chi connectivity index (χ4n) is 9.57. The van der Waals surface area contributed by atoms with Crippen LogP contribution in [-0.4, -0.2) is 32.1 Å². The monoisotopic (exact) mass is 1230 g/mol. The van der Waals surface area contributed by atoms with Crippen LogP contribution in [0.2, 0.25) is 0 Å². The summed E-state index contributed by atoms with van der Waals surface area (Å²) in [5.41, 5.74) is 17.5. The standard InChI is InChI=1S/2C17H23.2C16H21.2C3H7.2CH3Si.2Zr/c2*1-6-13-7-15-9-14(11(2)3)10-16(12(4)5)17(15)8-13;2*1-10(2)13-8-14-6-12(5)7-16(14)15(9-13)11(3)4;2*1-3-2;2*1-2;;/h2*7-12H,6H2,1-5H3;2*6-11H,1-5H3;2*3H,1-2H3;2*1H,2H2;;/q8*-1;2*+4. The van der Waals surface area contributed by atoms with Crippen molar-refractivity contribution in [3.63, 3.8) is 0 Å². The summed E-state index contributed by atoms with van der Waals surface area (Å²) in [6, 6.07) is 37.7. The third-order valence-electron chi connectivity index (χ3n) is 13.9. The van der Waals surface area contributed by atoms with Gasteiger partial charge in [0.05, 0.1) is 0 Å². The second-order valence-electron chi connectivity index (χ2n) is 23.3. The third-order valence-corrected chi connectivity index (χ3v) is 13.9. The molecule has 8 aromatic rings. The molecule has 78 heavy (non-hydrogen) atoms. The largest absolute Gasteiger partial charge is 4.00 e. The minimum atomic E-state index is 0. The minimum absolute atomic E-state index is 0. The first kappa shape index (κ1) is 77.3. The van der Waals surface area contributed by atoms with Gasteiger partial charge in [0.25, 0.3) is 0 Å². The Balaban J connectivity index is 0. The molecule has 0 atom stereocenters. The molecule has 0 aromatic heterocycles. The molecule has 0 unspecified atom stereocenters. The van der Waals surface area contributed by atoms with Crippen LogP contribution in [0.4, 0.5) is 0 Å². The van der Waals surface area contributed by atoms with Crippen molar-refractivity contribution in [1.82, 2.24) is 0 Å². The van der Waals surface area contributed by atoms with Gasteiger partial charge in [0.1, 0.15) is 0 Å². The molecule has 0 radical (unpaired) electrons. The Labute approximate surface area is 526 Å². The second-order valence-corrected chi connectivity index (χ2v) is 23.3. The van der Waals surface area contributed by atoms with Crippen LogP contribution in [-0.2, 0) is 65.2 Å². The summed E-state index contributed by atoms with van der Waals surface area (Å²) in [4.78, 5) is 0. The predicted octanol–water partition coefficient (Wildman–Crippen LogP) is 21.3. The molecule has 4 heteroatoms. The average molecular weight is 1240 g/mol.